The molecule has 0 spiro atoms. The van der Waals surface area contributed by atoms with E-state index >= 15 is 0 Å². The number of hydrogen-bond acceptors (Lipinski definition) is 12. The molecule has 0 aromatic carbocycles. The molecule has 1 saturated heterocycles. The van der Waals surface area contributed by atoms with E-state index in [1.54, 1.807) is 0 Å². The fourth-order valence-corrected chi connectivity index (χ4v) is 9.55. The average Bonchev–Trinajstić information content (AvgIpc) is 2.96. The normalized spacial score (nSPS) is 26.8. The molecular formula is C17H34AsO14S+. The first-order chi connectivity index (χ1) is 15.1. The molecule has 1 rings (SSSR count). The Hall–Kier alpha value is -0.422. The fourth-order valence-electron chi connectivity index (χ4n) is 3.18. The number of hydrogen-bond donors (Lipinski definition) is 7. The topological polar surface area (TPSA) is 230 Å². The summed E-state index contributed by atoms with van der Waals surface area (Å²) in [5.74, 6) is -1.95. The van der Waals surface area contributed by atoms with Crippen LogP contribution in [0.15, 0.2) is 0 Å². The SMILES string of the molecule is C[As+](C)(CC(COCC(O)CO)C(=O)O)C[C@H]1O[C@@H](OC[C@H](O)COS(=O)(=O)O)[C@H](O)[C@@H]1O. The third-order valence-electron chi connectivity index (χ3n) is 4.76. The molecule has 1 fully saturated rings. The Labute approximate surface area is 194 Å². The molecule has 33 heavy (non-hydrogen) atoms. The average molecular weight is 569 g/mol. The Morgan fingerprint density at radius 2 is 1.70 bits per heavy atom. The maximum atomic E-state index is 11.6. The molecule has 7 atom stereocenters. The van der Waals surface area contributed by atoms with E-state index in [1.165, 1.54) is 0 Å². The van der Waals surface area contributed by atoms with Gasteiger partial charge in [-0.05, 0) is 0 Å². The van der Waals surface area contributed by atoms with Crippen LogP contribution in [0.3, 0.4) is 0 Å². The standard InChI is InChI=1S/C17H33AsO14S/c1-18(2,3-10(16(24)25)6-29-7-11(20)5-19)4-13-14(22)15(23)17(32-13)30-8-12(21)9-31-33(26,27)28/h10-15,17,19-23H,3-9H2,1-2H3,(H-,24,25,26,27,28)/p+1/t10?,11?,12-,13+,14+,15+,17+/m0/s1. The van der Waals surface area contributed by atoms with E-state index in [0.29, 0.717) is 5.21 Å². The van der Waals surface area contributed by atoms with Gasteiger partial charge in [0.15, 0.2) is 0 Å². The number of carboxylic acid groups (broad SMARTS) is 1. The van der Waals surface area contributed by atoms with Crippen molar-refractivity contribution in [2.45, 2.75) is 58.6 Å². The van der Waals surface area contributed by atoms with Crippen molar-refractivity contribution in [3.8, 4) is 0 Å². The van der Waals surface area contributed by atoms with E-state index in [2.05, 4.69) is 4.18 Å². The molecule has 2 unspecified atom stereocenters. The summed E-state index contributed by atoms with van der Waals surface area (Å²) in [5.41, 5.74) is 3.81. The molecular weight excluding hydrogens is 535 g/mol. The molecule has 16 heteroatoms. The zero-order valence-electron chi connectivity index (χ0n) is 18.3. The molecule has 1 heterocycles. The van der Waals surface area contributed by atoms with Crippen LogP contribution >= 0.6 is 0 Å². The molecule has 0 amide bonds. The summed E-state index contributed by atoms with van der Waals surface area (Å²) in [5, 5.41) is 58.3. The summed E-state index contributed by atoms with van der Waals surface area (Å²) in [6.07, 6.45) is -7.54. The van der Waals surface area contributed by atoms with E-state index in [-0.39, 0.29) is 18.4 Å². The van der Waals surface area contributed by atoms with Crippen molar-refractivity contribution in [3.63, 3.8) is 0 Å². The number of carbonyl (C=O) groups is 1. The molecule has 0 aromatic rings. The number of carboxylic acids is 1. The van der Waals surface area contributed by atoms with Crippen LogP contribution < -0.4 is 0 Å². The van der Waals surface area contributed by atoms with E-state index in [9.17, 15) is 38.7 Å². The third kappa shape index (κ3) is 11.7. The van der Waals surface area contributed by atoms with Gasteiger partial charge in [-0.15, -0.1) is 0 Å². The second-order valence-corrected chi connectivity index (χ2v) is 19.2. The first-order valence-electron chi connectivity index (χ1n) is 9.99. The van der Waals surface area contributed by atoms with Gasteiger partial charge in [-0.25, -0.2) is 0 Å². The quantitative estimate of drug-likeness (QED) is 0.0747. The minimum absolute atomic E-state index is 0.164. The predicted molar refractivity (Wildman–Crippen MR) is 112 cm³/mol. The van der Waals surface area contributed by atoms with Crippen LogP contribution in [0.4, 0.5) is 0 Å². The Kier molecular flexibility index (Phi) is 12.6. The number of aliphatic hydroxyl groups is 5. The van der Waals surface area contributed by atoms with Gasteiger partial charge in [-0.1, -0.05) is 0 Å². The van der Waals surface area contributed by atoms with Crippen LogP contribution in [0, 0.1) is 5.92 Å². The molecule has 0 aliphatic carbocycles. The molecule has 0 bridgehead atoms. The molecule has 7 N–H and O–H groups in total. The second kappa shape index (κ2) is 13.6. The van der Waals surface area contributed by atoms with Crippen molar-refractivity contribution in [2.24, 2.45) is 5.92 Å². The van der Waals surface area contributed by atoms with Crippen LogP contribution in [0.1, 0.15) is 0 Å². The van der Waals surface area contributed by atoms with Crippen molar-refractivity contribution in [2.75, 3.05) is 33.0 Å². The Morgan fingerprint density at radius 1 is 1.06 bits per heavy atom. The van der Waals surface area contributed by atoms with Crippen molar-refractivity contribution < 1.29 is 66.8 Å². The number of rotatable bonds is 16. The van der Waals surface area contributed by atoms with Crippen molar-refractivity contribution in [3.05, 3.63) is 0 Å². The minimum atomic E-state index is -4.74. The number of aliphatic carboxylic acids is 1. The summed E-state index contributed by atoms with van der Waals surface area (Å²) in [7, 11) is -4.74. The van der Waals surface area contributed by atoms with Crippen LogP contribution in [0.25, 0.3) is 0 Å². The summed E-state index contributed by atoms with van der Waals surface area (Å²) >= 11 is -2.74. The van der Waals surface area contributed by atoms with Gasteiger partial charge in [0.2, 0.25) is 0 Å². The summed E-state index contributed by atoms with van der Waals surface area (Å²) in [6.45, 7) is -2.18. The first-order valence-corrected chi connectivity index (χ1v) is 17.8. The van der Waals surface area contributed by atoms with Gasteiger partial charge >= 0.3 is 194 Å². The van der Waals surface area contributed by atoms with E-state index in [0.717, 1.165) is 0 Å². The molecule has 0 radical (unpaired) electrons. The molecule has 196 valence electrons. The summed E-state index contributed by atoms with van der Waals surface area (Å²) < 4.78 is 49.4. The number of aliphatic hydroxyl groups excluding tert-OH is 5. The predicted octanol–water partition coefficient (Wildman–Crippen LogP) is -2.59. The van der Waals surface area contributed by atoms with Gasteiger partial charge in [-0.2, -0.15) is 0 Å². The Bertz CT molecular complexity index is 704. The second-order valence-electron chi connectivity index (χ2n) is 8.43. The van der Waals surface area contributed by atoms with Gasteiger partial charge in [0.05, 0.1) is 0 Å². The molecule has 1 aliphatic heterocycles. The van der Waals surface area contributed by atoms with E-state index in [4.69, 9.17) is 23.9 Å². The zero-order valence-corrected chi connectivity index (χ0v) is 21.0. The van der Waals surface area contributed by atoms with Gasteiger partial charge in [0.25, 0.3) is 0 Å². The summed E-state index contributed by atoms with van der Waals surface area (Å²) in [6, 6.07) is 0. The third-order valence-corrected chi connectivity index (χ3v) is 11.0. The van der Waals surface area contributed by atoms with Crippen molar-refractivity contribution in [1.82, 2.24) is 0 Å². The Balaban J connectivity index is 2.59. The molecule has 0 saturated carbocycles. The van der Waals surface area contributed by atoms with Crippen LogP contribution in [-0.4, -0.2) is 133 Å². The monoisotopic (exact) mass is 569 g/mol. The van der Waals surface area contributed by atoms with Gasteiger partial charge in [-0.3, -0.25) is 0 Å². The van der Waals surface area contributed by atoms with Gasteiger partial charge in [0.1, 0.15) is 0 Å². The van der Waals surface area contributed by atoms with Crippen LogP contribution in [-0.2, 0) is 33.6 Å². The maximum absolute atomic E-state index is 11.6. The van der Waals surface area contributed by atoms with Crippen LogP contribution in [0.5, 0.6) is 0 Å². The Morgan fingerprint density at radius 3 is 2.24 bits per heavy atom. The summed E-state index contributed by atoms with van der Waals surface area (Å²) in [4.78, 5) is 11.6. The van der Waals surface area contributed by atoms with E-state index in [1.807, 2.05) is 11.4 Å². The first kappa shape index (κ1) is 30.6. The van der Waals surface area contributed by atoms with E-state index < -0.39 is 92.5 Å². The molecule has 0 aromatic heterocycles. The van der Waals surface area contributed by atoms with Crippen molar-refractivity contribution in [1.29, 1.82) is 0 Å². The van der Waals surface area contributed by atoms with Crippen LogP contribution in [0.2, 0.25) is 21.8 Å². The van der Waals surface area contributed by atoms with Gasteiger partial charge < -0.3 is 0 Å². The fraction of sp³-hybridized carbons (Fsp3) is 0.941. The molecule has 1 aliphatic rings. The van der Waals surface area contributed by atoms with Crippen molar-refractivity contribution >= 4 is 29.9 Å². The molecule has 14 nitrogen and oxygen atoms in total. The zero-order chi connectivity index (χ0) is 25.4. The number of ether oxygens (including phenoxy) is 3. The van der Waals surface area contributed by atoms with Gasteiger partial charge in [0, 0.05) is 0 Å².